The van der Waals surface area contributed by atoms with Crippen LogP contribution in [0.25, 0.3) is 38.4 Å². The van der Waals surface area contributed by atoms with E-state index in [0.29, 0.717) is 30.5 Å². The Bertz CT molecular complexity index is 2390. The number of carbonyl (C=O) groups excluding carboxylic acids is 2. The minimum atomic E-state index is -0.536. The molecule has 3 aliphatic heterocycles. The summed E-state index contributed by atoms with van der Waals surface area (Å²) in [5, 5.41) is 2.85. The number of allylic oxidation sites excluding steroid dienone is 1. The van der Waals surface area contributed by atoms with Crippen LogP contribution in [0.2, 0.25) is 0 Å². The minimum Gasteiger partial charge on any atom is -0.445 e. The summed E-state index contributed by atoms with van der Waals surface area (Å²) in [4.78, 5) is 51.7. The van der Waals surface area contributed by atoms with E-state index in [0.717, 1.165) is 81.2 Å². The molecule has 0 saturated carbocycles. The first kappa shape index (κ1) is 35.3. The van der Waals surface area contributed by atoms with Crippen LogP contribution >= 0.6 is 0 Å². The van der Waals surface area contributed by atoms with Crippen molar-refractivity contribution in [1.82, 2.24) is 14.8 Å². The van der Waals surface area contributed by atoms with Gasteiger partial charge in [-0.05, 0) is 116 Å². The average Bonchev–Trinajstić information content (AvgIpc) is 3.96. The van der Waals surface area contributed by atoms with Gasteiger partial charge in [0, 0.05) is 48.1 Å². The van der Waals surface area contributed by atoms with Gasteiger partial charge in [0.05, 0.1) is 17.6 Å². The number of carbonyl (C=O) groups is 2. The molecule has 2 atom stereocenters. The third-order valence-electron chi connectivity index (χ3n) is 10.9. The maximum Gasteiger partial charge on any atom is 0.410 e. The van der Waals surface area contributed by atoms with E-state index >= 15 is 0 Å². The zero-order valence-corrected chi connectivity index (χ0v) is 31.4. The van der Waals surface area contributed by atoms with Crippen LogP contribution in [0, 0.1) is 6.92 Å². The van der Waals surface area contributed by atoms with Crippen molar-refractivity contribution in [1.29, 1.82) is 0 Å². The number of likely N-dealkylation sites (tertiary alicyclic amines) is 2. The molecule has 0 bridgehead atoms. The molecule has 4 aromatic carbocycles. The van der Waals surface area contributed by atoms with Crippen LogP contribution in [0.5, 0.6) is 0 Å². The van der Waals surface area contributed by atoms with Gasteiger partial charge >= 0.3 is 12.2 Å². The molecule has 0 spiro atoms. The molecule has 1 aromatic heterocycles. The highest BCUT2D eigenvalue weighted by molar-refractivity contribution is 6.04. The van der Waals surface area contributed by atoms with Gasteiger partial charge < -0.3 is 14.5 Å². The molecular formula is C45H46N4O5. The molecular weight excluding hydrogens is 677 g/mol. The van der Waals surface area contributed by atoms with Crippen LogP contribution < -0.4 is 5.43 Å². The van der Waals surface area contributed by atoms with E-state index < -0.39 is 5.60 Å². The molecule has 54 heavy (non-hydrogen) atoms. The van der Waals surface area contributed by atoms with Gasteiger partial charge in [-0.1, -0.05) is 60.7 Å². The number of nitrogens with one attached hydrogen (secondary N) is 1. The summed E-state index contributed by atoms with van der Waals surface area (Å²) in [7, 11) is 0. The van der Waals surface area contributed by atoms with Crippen LogP contribution in [0.15, 0.2) is 101 Å². The fourth-order valence-electron chi connectivity index (χ4n) is 8.11. The fourth-order valence-corrected chi connectivity index (χ4v) is 8.11. The zero-order valence-electron chi connectivity index (χ0n) is 31.4. The number of ether oxygens (including phenoxy) is 2. The van der Waals surface area contributed by atoms with Gasteiger partial charge in [0.1, 0.15) is 12.2 Å². The van der Waals surface area contributed by atoms with E-state index in [4.69, 9.17) is 14.5 Å². The van der Waals surface area contributed by atoms with Gasteiger partial charge in [-0.2, -0.15) is 0 Å². The van der Waals surface area contributed by atoms with Crippen LogP contribution in [-0.2, 0) is 16.1 Å². The fraction of sp³-hybridized carbons (Fsp3) is 0.333. The number of aliphatic imine (C=N–C) groups is 1. The van der Waals surface area contributed by atoms with Crippen molar-refractivity contribution >= 4 is 45.1 Å². The van der Waals surface area contributed by atoms with Crippen LogP contribution in [0.4, 0.5) is 9.59 Å². The molecule has 3 aliphatic rings. The number of rotatable bonds is 6. The van der Waals surface area contributed by atoms with Gasteiger partial charge in [0.25, 0.3) is 0 Å². The Morgan fingerprint density at radius 2 is 1.46 bits per heavy atom. The molecule has 9 heteroatoms. The Labute approximate surface area is 315 Å². The number of hydrogen-bond acceptors (Lipinski definition) is 6. The number of aromatic nitrogens is 1. The van der Waals surface area contributed by atoms with E-state index in [1.165, 1.54) is 0 Å². The molecule has 0 radical (unpaired) electrons. The Hall–Kier alpha value is -5.70. The predicted octanol–water partition coefficient (Wildman–Crippen LogP) is 9.72. The summed E-state index contributed by atoms with van der Waals surface area (Å²) in [5.41, 5.74) is 7.82. The van der Waals surface area contributed by atoms with Crippen molar-refractivity contribution in [2.45, 2.75) is 84.1 Å². The van der Waals surface area contributed by atoms with Gasteiger partial charge in [0.15, 0.2) is 5.43 Å². The number of aromatic amines is 1. The number of benzene rings is 4. The van der Waals surface area contributed by atoms with Gasteiger partial charge in [-0.3, -0.25) is 19.6 Å². The van der Waals surface area contributed by atoms with Crippen molar-refractivity contribution < 1.29 is 19.1 Å². The molecule has 5 aromatic rings. The first-order chi connectivity index (χ1) is 26.0. The normalized spacial score (nSPS) is 18.7. The summed E-state index contributed by atoms with van der Waals surface area (Å²) in [6.45, 7) is 8.99. The lowest BCUT2D eigenvalue weighted by molar-refractivity contribution is 0.0265. The van der Waals surface area contributed by atoms with E-state index in [-0.39, 0.29) is 36.3 Å². The highest BCUT2D eigenvalue weighted by atomic mass is 16.6. The van der Waals surface area contributed by atoms with Crippen molar-refractivity contribution in [2.24, 2.45) is 4.99 Å². The van der Waals surface area contributed by atoms with Gasteiger partial charge in [-0.15, -0.1) is 0 Å². The monoisotopic (exact) mass is 722 g/mol. The summed E-state index contributed by atoms with van der Waals surface area (Å²) >= 11 is 0. The predicted molar refractivity (Wildman–Crippen MR) is 214 cm³/mol. The summed E-state index contributed by atoms with van der Waals surface area (Å²) in [6, 6.07) is 28.2. The Morgan fingerprint density at radius 1 is 0.815 bits per heavy atom. The van der Waals surface area contributed by atoms with E-state index in [1.54, 1.807) is 4.90 Å². The topological polar surface area (TPSA) is 104 Å². The van der Waals surface area contributed by atoms with Crippen LogP contribution in [0.1, 0.15) is 81.3 Å². The third-order valence-corrected chi connectivity index (χ3v) is 10.9. The lowest BCUT2D eigenvalue weighted by Gasteiger charge is -2.28. The first-order valence-corrected chi connectivity index (χ1v) is 19.0. The molecule has 276 valence electrons. The highest BCUT2D eigenvalue weighted by Crippen LogP contribution is 2.36. The number of pyridine rings is 1. The molecule has 8 rings (SSSR count). The lowest BCUT2D eigenvalue weighted by atomic mass is 9.95. The molecule has 2 fully saturated rings. The smallest absolute Gasteiger partial charge is 0.410 e. The zero-order chi connectivity index (χ0) is 37.6. The second-order valence-electron chi connectivity index (χ2n) is 15.7. The molecule has 1 unspecified atom stereocenters. The number of fused-ring (bicyclic) bond motifs is 2. The maximum absolute atomic E-state index is 13.7. The average molecular weight is 723 g/mol. The molecule has 9 nitrogen and oxygen atoms in total. The standard InChI is InChI=1S/C45H46N4O5/c1-28-41(40-13-9-21-49(40)43(51)53-27-29-10-6-5-7-11-29)47-37-24-34(18-19-36(37)42(28)50)32-15-14-31-23-33(17-16-30(31)22-32)35-25-38(46-26-35)39-12-8-20-48(39)44(52)54-45(2,3)4/h5-7,10-11,14-19,22-24,26,39-40H,8-9,12-13,20-21,25,27H2,1-4H3,(H,47,50)/t39-,40?/m0/s1. The number of H-pyrrole nitrogens is 1. The molecule has 2 amide bonds. The van der Waals surface area contributed by atoms with E-state index in [9.17, 15) is 14.4 Å². The summed E-state index contributed by atoms with van der Waals surface area (Å²) < 4.78 is 11.4. The van der Waals surface area contributed by atoms with E-state index in [2.05, 4.69) is 41.4 Å². The Kier molecular flexibility index (Phi) is 9.34. The van der Waals surface area contributed by atoms with Gasteiger partial charge in [0.2, 0.25) is 0 Å². The summed E-state index contributed by atoms with van der Waals surface area (Å²) in [5.74, 6) is 0. The maximum atomic E-state index is 13.7. The number of nitrogens with zero attached hydrogens (tertiary/aromatic N) is 3. The minimum absolute atomic E-state index is 0.0281. The molecule has 1 N–H and O–H groups in total. The van der Waals surface area contributed by atoms with Crippen molar-refractivity contribution in [3.63, 3.8) is 0 Å². The molecule has 2 saturated heterocycles. The number of amides is 2. The van der Waals surface area contributed by atoms with Crippen molar-refractivity contribution in [2.75, 3.05) is 13.1 Å². The van der Waals surface area contributed by atoms with Crippen LogP contribution in [-0.4, -0.2) is 57.4 Å². The van der Waals surface area contributed by atoms with E-state index in [1.807, 2.05) is 87.3 Å². The van der Waals surface area contributed by atoms with Crippen molar-refractivity contribution in [3.05, 3.63) is 124 Å². The van der Waals surface area contributed by atoms with Crippen molar-refractivity contribution in [3.8, 4) is 11.1 Å². The third kappa shape index (κ3) is 7.02. The SMILES string of the molecule is Cc1c(C2CCCN2C(=O)OCc2ccccc2)[nH]c2cc(-c3ccc4cc(C5=CN=C([C@@H]6CCCN6C(=O)OC(C)(C)C)C5)ccc4c3)ccc2c1=O. The second kappa shape index (κ2) is 14.3. The lowest BCUT2D eigenvalue weighted by Crippen LogP contribution is -2.43. The summed E-state index contributed by atoms with van der Waals surface area (Å²) in [6.07, 6.45) is 5.44. The highest BCUT2D eigenvalue weighted by Gasteiger charge is 2.37. The van der Waals surface area contributed by atoms with Crippen LogP contribution in [0.3, 0.4) is 0 Å². The largest absolute Gasteiger partial charge is 0.445 e. The second-order valence-corrected chi connectivity index (χ2v) is 15.7. The Balaban J connectivity index is 0.995. The molecule has 0 aliphatic carbocycles. The molecule has 4 heterocycles. The number of hydrogen-bond donors (Lipinski definition) is 1. The Morgan fingerprint density at radius 3 is 2.20 bits per heavy atom. The quantitative estimate of drug-likeness (QED) is 0.188. The van der Waals surface area contributed by atoms with Gasteiger partial charge in [-0.25, -0.2) is 9.59 Å². The first-order valence-electron chi connectivity index (χ1n) is 19.0.